The smallest absolute Gasteiger partial charge is 0.308 e. The van der Waals surface area contributed by atoms with Crippen LogP contribution in [0.4, 0.5) is 5.69 Å². The molecule has 0 radical (unpaired) electrons. The van der Waals surface area contributed by atoms with Gasteiger partial charge in [-0.3, -0.25) is 23.7 Å². The average molecular weight is 590 g/mol. The molecule has 3 aliphatic rings. The van der Waals surface area contributed by atoms with Crippen LogP contribution in [0.5, 0.6) is 0 Å². The molecular formula is C32H35N3O4S2. The molecule has 3 aromatic rings. The van der Waals surface area contributed by atoms with Crippen LogP contribution in [-0.4, -0.2) is 45.5 Å². The van der Waals surface area contributed by atoms with E-state index in [0.717, 1.165) is 52.2 Å². The number of fused-ring (bicyclic) bond motifs is 2. The van der Waals surface area contributed by atoms with Gasteiger partial charge in [-0.2, -0.15) is 0 Å². The number of benzene rings is 2. The first-order chi connectivity index (χ1) is 19.5. The highest BCUT2D eigenvalue weighted by Crippen LogP contribution is 2.54. The summed E-state index contributed by atoms with van der Waals surface area (Å²) in [6.07, 6.45) is 3.05. The van der Waals surface area contributed by atoms with Gasteiger partial charge < -0.3 is 4.90 Å². The van der Waals surface area contributed by atoms with Gasteiger partial charge in [-0.15, -0.1) is 0 Å². The third-order valence-electron chi connectivity index (χ3n) is 8.48. The molecule has 214 valence electrons. The fourth-order valence-electron chi connectivity index (χ4n) is 6.13. The number of imide groups is 1. The van der Waals surface area contributed by atoms with Gasteiger partial charge in [-0.25, -0.2) is 4.90 Å². The zero-order valence-electron chi connectivity index (χ0n) is 23.9. The van der Waals surface area contributed by atoms with E-state index in [9.17, 15) is 19.2 Å². The molecule has 0 aliphatic carbocycles. The van der Waals surface area contributed by atoms with E-state index in [2.05, 4.69) is 32.9 Å². The molecule has 3 amide bonds. The van der Waals surface area contributed by atoms with Gasteiger partial charge in [0.2, 0.25) is 17.7 Å². The van der Waals surface area contributed by atoms with E-state index >= 15 is 0 Å². The molecule has 7 nitrogen and oxygen atoms in total. The van der Waals surface area contributed by atoms with Crippen molar-refractivity contribution in [3.05, 3.63) is 79.8 Å². The van der Waals surface area contributed by atoms with Crippen LogP contribution in [0.1, 0.15) is 67.5 Å². The number of carbonyl (C=O) groups excluding carboxylic acids is 3. The van der Waals surface area contributed by atoms with E-state index in [1.54, 1.807) is 4.57 Å². The van der Waals surface area contributed by atoms with Crippen LogP contribution in [0, 0.1) is 12.8 Å². The summed E-state index contributed by atoms with van der Waals surface area (Å²) >= 11 is 2.38. The number of rotatable bonds is 4. The third-order valence-corrected chi connectivity index (χ3v) is 11.1. The van der Waals surface area contributed by atoms with E-state index < -0.39 is 17.1 Å². The average Bonchev–Trinajstić information content (AvgIpc) is 3.40. The zero-order chi connectivity index (χ0) is 29.1. The highest BCUT2D eigenvalue weighted by atomic mass is 32.2. The summed E-state index contributed by atoms with van der Waals surface area (Å²) in [6.45, 7) is 9.78. The number of likely N-dealkylation sites (tertiary alicyclic amines) is 1. The second kappa shape index (κ2) is 10.6. The van der Waals surface area contributed by atoms with Crippen molar-refractivity contribution >= 4 is 46.5 Å². The van der Waals surface area contributed by atoms with Crippen LogP contribution in [0.15, 0.2) is 58.4 Å². The number of amides is 3. The molecule has 4 heterocycles. The van der Waals surface area contributed by atoms with Gasteiger partial charge in [0, 0.05) is 23.9 Å². The molecule has 6 rings (SSSR count). The predicted octanol–water partition coefficient (Wildman–Crippen LogP) is 5.32. The first kappa shape index (κ1) is 28.0. The Labute approximate surface area is 248 Å². The van der Waals surface area contributed by atoms with Crippen molar-refractivity contribution in [2.24, 2.45) is 5.92 Å². The standard InChI is InChI=1S/C32H35N3O4S2/c1-19-8-14-22(15-9-19)35-28(37)25-24(20-10-12-21(13-11-20)32(2,3)4)27-30(40-26(25)29(35)38)34(31(39)41-27)18-23(36)33-16-6-5-7-17-33/h8-15,24-26H,5-7,16-18H2,1-4H3/t24-,25+,26-/m0/s1. The van der Waals surface area contributed by atoms with Crippen molar-refractivity contribution < 1.29 is 14.4 Å². The van der Waals surface area contributed by atoms with Crippen molar-refractivity contribution in [2.45, 2.75) is 75.1 Å². The fourth-order valence-corrected chi connectivity index (χ4v) is 8.90. The summed E-state index contributed by atoms with van der Waals surface area (Å²) in [4.78, 5) is 58.3. The molecule has 3 aliphatic heterocycles. The van der Waals surface area contributed by atoms with Crippen molar-refractivity contribution in [2.75, 3.05) is 18.0 Å². The topological polar surface area (TPSA) is 79.7 Å². The van der Waals surface area contributed by atoms with Gasteiger partial charge in [-0.05, 0) is 54.9 Å². The lowest BCUT2D eigenvalue weighted by Gasteiger charge is -2.31. The Morgan fingerprint density at radius 2 is 1.56 bits per heavy atom. The van der Waals surface area contributed by atoms with E-state index in [1.165, 1.54) is 16.7 Å². The lowest BCUT2D eigenvalue weighted by molar-refractivity contribution is -0.133. The Kier molecular flexibility index (Phi) is 7.22. The van der Waals surface area contributed by atoms with Gasteiger partial charge in [0.1, 0.15) is 11.8 Å². The molecule has 0 spiro atoms. The Morgan fingerprint density at radius 1 is 0.902 bits per heavy atom. The van der Waals surface area contributed by atoms with Crippen LogP contribution >= 0.6 is 23.1 Å². The van der Waals surface area contributed by atoms with Crippen LogP contribution in [0.3, 0.4) is 0 Å². The predicted molar refractivity (Wildman–Crippen MR) is 163 cm³/mol. The number of hydrogen-bond donors (Lipinski definition) is 0. The number of anilines is 1. The minimum atomic E-state index is -0.686. The lowest BCUT2D eigenvalue weighted by Crippen LogP contribution is -2.39. The molecule has 0 unspecified atom stereocenters. The molecule has 2 aromatic carbocycles. The Bertz CT molecular complexity index is 1560. The molecule has 2 fully saturated rings. The van der Waals surface area contributed by atoms with Crippen molar-refractivity contribution in [1.82, 2.24) is 9.47 Å². The number of piperidine rings is 1. The fraction of sp³-hybridized carbons (Fsp3) is 0.438. The molecule has 0 N–H and O–H groups in total. The van der Waals surface area contributed by atoms with Gasteiger partial charge in [0.25, 0.3) is 0 Å². The Hall–Kier alpha value is -3.17. The number of nitrogens with zero attached hydrogens (tertiary/aromatic N) is 3. The van der Waals surface area contributed by atoms with E-state index in [-0.39, 0.29) is 34.6 Å². The summed E-state index contributed by atoms with van der Waals surface area (Å²) in [5, 5.41) is -0.0441. The highest BCUT2D eigenvalue weighted by Gasteiger charge is 2.56. The highest BCUT2D eigenvalue weighted by molar-refractivity contribution is 8.00. The summed E-state index contributed by atoms with van der Waals surface area (Å²) in [5.74, 6) is -1.70. The maximum absolute atomic E-state index is 14.1. The zero-order valence-corrected chi connectivity index (χ0v) is 25.5. The number of thiazole rings is 1. The summed E-state index contributed by atoms with van der Waals surface area (Å²) in [7, 11) is 0. The number of carbonyl (C=O) groups is 3. The summed E-state index contributed by atoms with van der Waals surface area (Å²) in [5.41, 5.74) is 3.62. The molecule has 1 aromatic heterocycles. The minimum Gasteiger partial charge on any atom is -0.341 e. The van der Waals surface area contributed by atoms with E-state index in [1.807, 2.05) is 48.2 Å². The van der Waals surface area contributed by atoms with Crippen LogP contribution in [-0.2, 0) is 26.3 Å². The normalized spacial score (nSPS) is 22.6. The second-order valence-electron chi connectivity index (χ2n) is 12.3. The van der Waals surface area contributed by atoms with Crippen LogP contribution in [0.25, 0.3) is 0 Å². The maximum atomic E-state index is 14.1. The van der Waals surface area contributed by atoms with E-state index in [0.29, 0.717) is 23.8 Å². The molecule has 3 atom stereocenters. The van der Waals surface area contributed by atoms with Crippen molar-refractivity contribution in [3.63, 3.8) is 0 Å². The number of aromatic nitrogens is 1. The molecule has 0 bridgehead atoms. The molecule has 0 saturated carbocycles. The number of thioether (sulfide) groups is 1. The van der Waals surface area contributed by atoms with E-state index in [4.69, 9.17) is 0 Å². The largest absolute Gasteiger partial charge is 0.341 e. The van der Waals surface area contributed by atoms with Crippen molar-refractivity contribution in [1.29, 1.82) is 0 Å². The van der Waals surface area contributed by atoms with Crippen LogP contribution < -0.4 is 9.77 Å². The summed E-state index contributed by atoms with van der Waals surface area (Å²) in [6, 6.07) is 15.6. The quantitative estimate of drug-likeness (QED) is 0.385. The molecular weight excluding hydrogens is 555 g/mol. The van der Waals surface area contributed by atoms with Gasteiger partial charge >= 0.3 is 4.87 Å². The molecule has 2 saturated heterocycles. The summed E-state index contributed by atoms with van der Waals surface area (Å²) < 4.78 is 1.54. The van der Waals surface area contributed by atoms with Gasteiger partial charge in [0.15, 0.2) is 0 Å². The number of aryl methyl sites for hydroxylation is 1. The monoisotopic (exact) mass is 589 g/mol. The third kappa shape index (κ3) is 4.97. The first-order valence-corrected chi connectivity index (χ1v) is 16.0. The Morgan fingerprint density at radius 3 is 2.20 bits per heavy atom. The second-order valence-corrected chi connectivity index (χ2v) is 14.4. The molecule has 41 heavy (non-hydrogen) atoms. The maximum Gasteiger partial charge on any atom is 0.308 e. The van der Waals surface area contributed by atoms with Crippen LogP contribution in [0.2, 0.25) is 0 Å². The van der Waals surface area contributed by atoms with Crippen molar-refractivity contribution in [3.8, 4) is 0 Å². The number of hydrogen-bond acceptors (Lipinski definition) is 6. The Balaban J connectivity index is 1.44. The lowest BCUT2D eigenvalue weighted by atomic mass is 9.81. The van der Waals surface area contributed by atoms with Gasteiger partial charge in [-0.1, -0.05) is 85.8 Å². The SMILES string of the molecule is Cc1ccc(N2C(=O)[C@@H]3[C@H](c4ccc(C(C)(C)C)cc4)c4sc(=O)n(CC(=O)N5CCCCC5)c4S[C@@H]3C2=O)cc1. The first-order valence-electron chi connectivity index (χ1n) is 14.3. The van der Waals surface area contributed by atoms with Gasteiger partial charge in [0.05, 0.1) is 16.6 Å². The molecule has 9 heteroatoms. The minimum absolute atomic E-state index is 0.0427.